The lowest BCUT2D eigenvalue weighted by Gasteiger charge is -2.08. The van der Waals surface area contributed by atoms with Gasteiger partial charge in [-0.05, 0) is 41.8 Å². The van der Waals surface area contributed by atoms with Crippen LogP contribution in [0, 0.1) is 6.92 Å². The summed E-state index contributed by atoms with van der Waals surface area (Å²) < 4.78 is 6.14. The number of rotatable bonds is 4. The number of hydrogen-bond acceptors (Lipinski definition) is 2. The van der Waals surface area contributed by atoms with Gasteiger partial charge >= 0.3 is 5.97 Å². The molecule has 22 heavy (non-hydrogen) atoms. The number of aromatic carboxylic acids is 1. The topological polar surface area (TPSA) is 46.5 Å². The van der Waals surface area contributed by atoms with Gasteiger partial charge in [0, 0.05) is 9.50 Å². The zero-order chi connectivity index (χ0) is 16.3. The highest BCUT2D eigenvalue weighted by molar-refractivity contribution is 9.10. The summed E-state index contributed by atoms with van der Waals surface area (Å²) in [7, 11) is 1.43. The molecule has 2 aromatic carbocycles. The maximum absolute atomic E-state index is 11.1. The van der Waals surface area contributed by atoms with Gasteiger partial charge < -0.3 is 9.84 Å². The van der Waals surface area contributed by atoms with E-state index in [0.29, 0.717) is 10.6 Å². The Bertz CT molecular complexity index is 754. The van der Waals surface area contributed by atoms with E-state index in [0.717, 1.165) is 15.6 Å². The van der Waals surface area contributed by atoms with Crippen molar-refractivity contribution in [1.82, 2.24) is 0 Å². The molecule has 0 amide bonds. The lowest BCUT2D eigenvalue weighted by atomic mass is 10.1. The zero-order valence-electron chi connectivity index (χ0n) is 12.1. The SMILES string of the molecule is COc1cc(/C=C/c2cccc(Br)c2C)c(Cl)cc1C(=O)O. The van der Waals surface area contributed by atoms with Gasteiger partial charge in [0.1, 0.15) is 11.3 Å². The third kappa shape index (κ3) is 3.51. The predicted octanol–water partition coefficient (Wildman–Crippen LogP) is 5.29. The van der Waals surface area contributed by atoms with Crippen LogP contribution >= 0.6 is 27.5 Å². The van der Waals surface area contributed by atoms with Crippen molar-refractivity contribution in [2.45, 2.75) is 6.92 Å². The summed E-state index contributed by atoms with van der Waals surface area (Å²) in [5.74, 6) is -0.792. The Morgan fingerprint density at radius 3 is 2.59 bits per heavy atom. The fourth-order valence-corrected chi connectivity index (χ4v) is 2.63. The van der Waals surface area contributed by atoms with E-state index in [9.17, 15) is 4.79 Å². The average Bonchev–Trinajstić information content (AvgIpc) is 2.49. The first kappa shape index (κ1) is 16.6. The van der Waals surface area contributed by atoms with Gasteiger partial charge in [-0.1, -0.05) is 51.8 Å². The van der Waals surface area contributed by atoms with Crippen LogP contribution in [0.2, 0.25) is 5.02 Å². The van der Waals surface area contributed by atoms with Gasteiger partial charge in [0.15, 0.2) is 0 Å². The largest absolute Gasteiger partial charge is 0.496 e. The van der Waals surface area contributed by atoms with Crippen LogP contribution in [0.1, 0.15) is 27.0 Å². The normalized spacial score (nSPS) is 10.9. The van der Waals surface area contributed by atoms with Gasteiger partial charge in [-0.3, -0.25) is 0 Å². The van der Waals surface area contributed by atoms with Gasteiger partial charge in [-0.2, -0.15) is 0 Å². The van der Waals surface area contributed by atoms with Crippen LogP contribution in [0.5, 0.6) is 5.75 Å². The van der Waals surface area contributed by atoms with Gasteiger partial charge in [0.05, 0.1) is 7.11 Å². The first-order valence-electron chi connectivity index (χ1n) is 6.48. The van der Waals surface area contributed by atoms with E-state index >= 15 is 0 Å². The lowest BCUT2D eigenvalue weighted by Crippen LogP contribution is -2.01. The molecule has 0 aliphatic carbocycles. The van der Waals surface area contributed by atoms with Crippen LogP contribution in [0.3, 0.4) is 0 Å². The zero-order valence-corrected chi connectivity index (χ0v) is 14.4. The molecule has 2 rings (SSSR count). The van der Waals surface area contributed by atoms with Gasteiger partial charge in [-0.25, -0.2) is 4.79 Å². The molecule has 5 heteroatoms. The number of benzene rings is 2. The van der Waals surface area contributed by atoms with Crippen molar-refractivity contribution in [3.63, 3.8) is 0 Å². The Hall–Kier alpha value is -1.78. The first-order valence-corrected chi connectivity index (χ1v) is 7.65. The molecule has 0 saturated heterocycles. The van der Waals surface area contributed by atoms with E-state index in [1.807, 2.05) is 37.3 Å². The maximum Gasteiger partial charge on any atom is 0.339 e. The molecule has 0 aromatic heterocycles. The van der Waals surface area contributed by atoms with Gasteiger partial charge in [0.2, 0.25) is 0 Å². The summed E-state index contributed by atoms with van der Waals surface area (Å²) in [5, 5.41) is 9.49. The molecule has 0 fully saturated rings. The first-order chi connectivity index (χ1) is 10.4. The van der Waals surface area contributed by atoms with Gasteiger partial charge in [-0.15, -0.1) is 0 Å². The maximum atomic E-state index is 11.1. The molecule has 0 radical (unpaired) electrons. The van der Waals surface area contributed by atoms with Crippen LogP contribution in [0.25, 0.3) is 12.2 Å². The van der Waals surface area contributed by atoms with Crippen LogP contribution in [-0.2, 0) is 0 Å². The molecule has 2 aromatic rings. The van der Waals surface area contributed by atoms with Crippen molar-refractivity contribution in [2.75, 3.05) is 7.11 Å². The molecule has 0 heterocycles. The summed E-state index contributed by atoms with van der Waals surface area (Å²) >= 11 is 9.65. The summed E-state index contributed by atoms with van der Waals surface area (Å²) in [4.78, 5) is 11.1. The molecule has 3 nitrogen and oxygen atoms in total. The van der Waals surface area contributed by atoms with E-state index in [1.54, 1.807) is 6.07 Å². The minimum absolute atomic E-state index is 0.0447. The lowest BCUT2D eigenvalue weighted by molar-refractivity contribution is 0.0693. The van der Waals surface area contributed by atoms with Crippen molar-refractivity contribution in [3.05, 3.63) is 62.1 Å². The number of hydrogen-bond donors (Lipinski definition) is 1. The molecule has 1 N–H and O–H groups in total. The standard InChI is InChI=1S/C17H14BrClO3/c1-10-11(4-3-5-14(10)18)6-7-12-8-16(22-2)13(17(20)21)9-15(12)19/h3-9H,1-2H3,(H,20,21)/b7-6+. The van der Waals surface area contributed by atoms with E-state index in [1.165, 1.54) is 13.2 Å². The monoisotopic (exact) mass is 380 g/mol. The number of carboxylic acid groups (broad SMARTS) is 1. The van der Waals surface area contributed by atoms with Crippen molar-refractivity contribution < 1.29 is 14.6 Å². The number of ether oxygens (including phenoxy) is 1. The number of methoxy groups -OCH3 is 1. The second-order valence-electron chi connectivity index (χ2n) is 4.67. The van der Waals surface area contributed by atoms with Crippen molar-refractivity contribution >= 4 is 45.7 Å². The molecule has 0 unspecified atom stereocenters. The fraction of sp³-hybridized carbons (Fsp3) is 0.118. The quantitative estimate of drug-likeness (QED) is 0.732. The highest BCUT2D eigenvalue weighted by atomic mass is 79.9. The number of halogens is 2. The van der Waals surface area contributed by atoms with E-state index in [2.05, 4.69) is 15.9 Å². The van der Waals surface area contributed by atoms with E-state index in [4.69, 9.17) is 21.4 Å². The number of carboxylic acids is 1. The van der Waals surface area contributed by atoms with E-state index in [-0.39, 0.29) is 11.3 Å². The Morgan fingerprint density at radius 2 is 1.95 bits per heavy atom. The minimum Gasteiger partial charge on any atom is -0.496 e. The summed E-state index contributed by atoms with van der Waals surface area (Å²) in [6.45, 7) is 2.01. The average molecular weight is 382 g/mol. The van der Waals surface area contributed by atoms with Crippen LogP contribution in [0.4, 0.5) is 0 Å². The smallest absolute Gasteiger partial charge is 0.339 e. The highest BCUT2D eigenvalue weighted by Gasteiger charge is 2.13. The Kier molecular flexibility index (Phi) is 5.27. The third-order valence-electron chi connectivity index (χ3n) is 3.30. The Morgan fingerprint density at radius 1 is 1.27 bits per heavy atom. The Labute approximate surface area is 142 Å². The predicted molar refractivity (Wildman–Crippen MR) is 92.8 cm³/mol. The molecule has 0 atom stereocenters. The summed E-state index contributed by atoms with van der Waals surface area (Å²) in [5.41, 5.74) is 2.90. The van der Waals surface area contributed by atoms with Crippen molar-refractivity contribution in [2.24, 2.45) is 0 Å². The number of carbonyl (C=O) groups is 1. The molecule has 0 aliphatic heterocycles. The molecule has 0 bridgehead atoms. The molecule has 0 saturated carbocycles. The van der Waals surface area contributed by atoms with Gasteiger partial charge in [0.25, 0.3) is 0 Å². The minimum atomic E-state index is -1.07. The Balaban J connectivity index is 2.43. The second-order valence-corrected chi connectivity index (χ2v) is 5.93. The molecular formula is C17H14BrClO3. The van der Waals surface area contributed by atoms with Crippen molar-refractivity contribution in [3.8, 4) is 5.75 Å². The molecule has 0 spiro atoms. The summed E-state index contributed by atoms with van der Waals surface area (Å²) in [6.07, 6.45) is 3.77. The van der Waals surface area contributed by atoms with Crippen LogP contribution < -0.4 is 4.74 Å². The van der Waals surface area contributed by atoms with Crippen molar-refractivity contribution in [1.29, 1.82) is 0 Å². The highest BCUT2D eigenvalue weighted by Crippen LogP contribution is 2.29. The van der Waals surface area contributed by atoms with Crippen LogP contribution in [0.15, 0.2) is 34.8 Å². The third-order valence-corrected chi connectivity index (χ3v) is 4.49. The van der Waals surface area contributed by atoms with E-state index < -0.39 is 5.97 Å². The molecule has 114 valence electrons. The molecule has 0 aliphatic rings. The second kappa shape index (κ2) is 6.99. The molecular weight excluding hydrogens is 368 g/mol. The summed E-state index contributed by atoms with van der Waals surface area (Å²) in [6, 6.07) is 8.94. The fourth-order valence-electron chi connectivity index (χ4n) is 2.02. The van der Waals surface area contributed by atoms with Crippen LogP contribution in [-0.4, -0.2) is 18.2 Å².